The number of methoxy groups -OCH3 is 1. The average molecular weight is 258 g/mol. The molecule has 2 nitrogen and oxygen atoms in total. The maximum absolute atomic E-state index is 9.98. The van der Waals surface area contributed by atoms with Crippen LogP contribution in [0.4, 0.5) is 0 Å². The van der Waals surface area contributed by atoms with Gasteiger partial charge in [0.2, 0.25) is 0 Å². The molecule has 0 radical (unpaired) electrons. The summed E-state index contributed by atoms with van der Waals surface area (Å²) in [4.78, 5) is 0. The molecule has 0 saturated carbocycles. The molecule has 0 spiro atoms. The molecule has 0 unspecified atom stereocenters. The smallest absolute Gasteiger partial charge is 0.199 e. The Bertz CT molecular complexity index is 483. The number of aliphatic hydroxyl groups excluding tert-OH is 1. The van der Waals surface area contributed by atoms with Gasteiger partial charge in [0.1, 0.15) is 0 Å². The Balaban J connectivity index is 2.65. The van der Waals surface area contributed by atoms with E-state index in [1.807, 2.05) is 60.7 Å². The van der Waals surface area contributed by atoms with Crippen molar-refractivity contribution < 1.29 is 9.84 Å². The van der Waals surface area contributed by atoms with Gasteiger partial charge in [0, 0.05) is 7.11 Å². The van der Waals surface area contributed by atoms with Crippen LogP contribution in [0.15, 0.2) is 60.7 Å². The lowest BCUT2D eigenvalue weighted by molar-refractivity contribution is 0.0709. The molecule has 18 heavy (non-hydrogen) atoms. The molecule has 0 aliphatic rings. The summed E-state index contributed by atoms with van der Waals surface area (Å²) < 4.78 is 5.58. The molecule has 0 fully saturated rings. The Morgan fingerprint density at radius 1 is 0.944 bits per heavy atom. The number of benzene rings is 2. The van der Waals surface area contributed by atoms with Crippen LogP contribution in [0.5, 0.6) is 0 Å². The minimum Gasteiger partial charge on any atom is -0.499 e. The van der Waals surface area contributed by atoms with Crippen LogP contribution in [0.2, 0.25) is 0 Å². The van der Waals surface area contributed by atoms with Gasteiger partial charge in [-0.25, -0.2) is 0 Å². The van der Waals surface area contributed by atoms with Crippen molar-refractivity contribution >= 4 is 17.3 Å². The van der Waals surface area contributed by atoms with Crippen LogP contribution < -0.4 is 0 Å². The molecule has 0 aliphatic heterocycles. The van der Waals surface area contributed by atoms with Crippen LogP contribution >= 0.6 is 12.2 Å². The highest BCUT2D eigenvalue weighted by Crippen LogP contribution is 2.34. The SMILES string of the molecule is COC(C(O)=S)(c1ccccc1)c1ccccc1. The molecule has 1 N–H and O–H groups in total. The highest BCUT2D eigenvalue weighted by Gasteiger charge is 2.39. The Labute approximate surface area is 112 Å². The quantitative estimate of drug-likeness (QED) is 0.852. The van der Waals surface area contributed by atoms with Crippen molar-refractivity contribution in [2.24, 2.45) is 0 Å². The minimum absolute atomic E-state index is 0.192. The minimum atomic E-state index is -1.09. The molecule has 0 bridgehead atoms. The van der Waals surface area contributed by atoms with E-state index >= 15 is 0 Å². The molecular weight excluding hydrogens is 244 g/mol. The molecule has 0 aromatic heterocycles. The first-order chi connectivity index (χ1) is 8.71. The van der Waals surface area contributed by atoms with E-state index in [1.165, 1.54) is 0 Å². The van der Waals surface area contributed by atoms with Crippen LogP contribution in [-0.2, 0) is 10.3 Å². The summed E-state index contributed by atoms with van der Waals surface area (Å²) in [6.07, 6.45) is 0. The maximum Gasteiger partial charge on any atom is 0.199 e. The Morgan fingerprint density at radius 2 is 1.33 bits per heavy atom. The third-order valence-corrected chi connectivity index (χ3v) is 3.26. The topological polar surface area (TPSA) is 29.5 Å². The fourth-order valence-electron chi connectivity index (χ4n) is 2.08. The van der Waals surface area contributed by atoms with Gasteiger partial charge in [0.25, 0.3) is 0 Å². The van der Waals surface area contributed by atoms with Crippen LogP contribution in [0.25, 0.3) is 0 Å². The highest BCUT2D eigenvalue weighted by atomic mass is 32.1. The average Bonchev–Trinajstić information content (AvgIpc) is 2.42. The molecule has 0 aliphatic carbocycles. The lowest BCUT2D eigenvalue weighted by Crippen LogP contribution is -2.37. The zero-order valence-electron chi connectivity index (χ0n) is 10.0. The van der Waals surface area contributed by atoms with Crippen LogP contribution in [0.1, 0.15) is 11.1 Å². The predicted molar refractivity (Wildman–Crippen MR) is 75.9 cm³/mol. The largest absolute Gasteiger partial charge is 0.499 e. The third kappa shape index (κ3) is 2.03. The van der Waals surface area contributed by atoms with E-state index in [4.69, 9.17) is 17.0 Å². The first-order valence-corrected chi connectivity index (χ1v) is 6.02. The van der Waals surface area contributed by atoms with Crippen molar-refractivity contribution in [2.75, 3.05) is 7.11 Å². The first kappa shape index (κ1) is 12.7. The lowest BCUT2D eigenvalue weighted by atomic mass is 9.86. The molecule has 3 heteroatoms. The second-order valence-electron chi connectivity index (χ2n) is 3.92. The van der Waals surface area contributed by atoms with Crippen LogP contribution in [-0.4, -0.2) is 17.3 Å². The summed E-state index contributed by atoms with van der Waals surface area (Å²) in [7, 11) is 1.54. The van der Waals surface area contributed by atoms with E-state index in [-0.39, 0.29) is 5.05 Å². The summed E-state index contributed by atoms with van der Waals surface area (Å²) in [5.41, 5.74) is 0.537. The van der Waals surface area contributed by atoms with Gasteiger partial charge in [-0.1, -0.05) is 60.7 Å². The number of hydrogen-bond donors (Lipinski definition) is 1. The molecule has 2 rings (SSSR count). The molecule has 92 valence electrons. The number of ether oxygens (including phenoxy) is 1. The van der Waals surface area contributed by atoms with E-state index in [0.29, 0.717) is 0 Å². The van der Waals surface area contributed by atoms with Gasteiger partial charge in [0.05, 0.1) is 0 Å². The van der Waals surface area contributed by atoms with Crippen molar-refractivity contribution in [1.29, 1.82) is 0 Å². The van der Waals surface area contributed by atoms with E-state index in [2.05, 4.69) is 0 Å². The third-order valence-electron chi connectivity index (χ3n) is 2.97. The first-order valence-electron chi connectivity index (χ1n) is 5.61. The number of hydrogen-bond acceptors (Lipinski definition) is 2. The summed E-state index contributed by atoms with van der Waals surface area (Å²) in [5.74, 6) is 0. The monoisotopic (exact) mass is 258 g/mol. The van der Waals surface area contributed by atoms with E-state index < -0.39 is 5.60 Å². The fraction of sp³-hybridized carbons (Fsp3) is 0.133. The molecule has 2 aromatic carbocycles. The molecule has 0 heterocycles. The lowest BCUT2D eigenvalue weighted by Gasteiger charge is -2.31. The van der Waals surface area contributed by atoms with Gasteiger partial charge in [-0.15, -0.1) is 0 Å². The molecule has 0 amide bonds. The second-order valence-corrected chi connectivity index (χ2v) is 4.31. The number of thiocarbonyl (C=S) groups is 1. The molecule has 2 aromatic rings. The fourth-order valence-corrected chi connectivity index (χ4v) is 2.40. The van der Waals surface area contributed by atoms with Gasteiger partial charge in [-0.3, -0.25) is 0 Å². The van der Waals surface area contributed by atoms with E-state index in [1.54, 1.807) is 7.11 Å². The highest BCUT2D eigenvalue weighted by molar-refractivity contribution is 7.80. The summed E-state index contributed by atoms with van der Waals surface area (Å²) in [6.45, 7) is 0. The second kappa shape index (κ2) is 5.29. The Hall–Kier alpha value is -1.71. The summed E-state index contributed by atoms with van der Waals surface area (Å²) in [6, 6.07) is 18.9. The number of aliphatic hydroxyl groups is 1. The molecule has 0 saturated heterocycles. The van der Waals surface area contributed by atoms with Crippen molar-refractivity contribution in [3.63, 3.8) is 0 Å². The van der Waals surface area contributed by atoms with Crippen LogP contribution in [0, 0.1) is 0 Å². The summed E-state index contributed by atoms with van der Waals surface area (Å²) >= 11 is 5.02. The normalized spacial score (nSPS) is 11.2. The standard InChI is InChI=1S/C15H14O2S/c1-17-15(14(16)18,12-8-4-2-5-9-12)13-10-6-3-7-11-13/h2-11H,1H3,(H,16,18). The van der Waals surface area contributed by atoms with Crippen molar-refractivity contribution in [3.05, 3.63) is 71.8 Å². The maximum atomic E-state index is 9.98. The zero-order valence-corrected chi connectivity index (χ0v) is 10.9. The van der Waals surface area contributed by atoms with Crippen LogP contribution in [0.3, 0.4) is 0 Å². The number of rotatable bonds is 4. The molecular formula is C15H14O2S. The Morgan fingerprint density at radius 3 is 1.61 bits per heavy atom. The van der Waals surface area contributed by atoms with Crippen molar-refractivity contribution in [1.82, 2.24) is 0 Å². The Kier molecular flexibility index (Phi) is 3.75. The van der Waals surface area contributed by atoms with Gasteiger partial charge >= 0.3 is 0 Å². The summed E-state index contributed by atoms with van der Waals surface area (Å²) in [5, 5.41) is 9.78. The van der Waals surface area contributed by atoms with Gasteiger partial charge in [-0.05, 0) is 23.3 Å². The van der Waals surface area contributed by atoms with Crippen molar-refractivity contribution in [2.45, 2.75) is 5.60 Å². The van der Waals surface area contributed by atoms with Gasteiger partial charge in [-0.2, -0.15) is 0 Å². The van der Waals surface area contributed by atoms with Gasteiger partial charge < -0.3 is 9.84 Å². The van der Waals surface area contributed by atoms with Gasteiger partial charge in [0.15, 0.2) is 10.7 Å². The predicted octanol–water partition coefficient (Wildman–Crippen LogP) is 3.46. The zero-order chi connectivity index (χ0) is 13.0. The van der Waals surface area contributed by atoms with E-state index in [0.717, 1.165) is 11.1 Å². The van der Waals surface area contributed by atoms with Crippen molar-refractivity contribution in [3.8, 4) is 0 Å². The van der Waals surface area contributed by atoms with E-state index in [9.17, 15) is 5.11 Å². The molecule has 0 atom stereocenters.